The second-order valence-electron chi connectivity index (χ2n) is 2.36. The molecule has 13 heavy (non-hydrogen) atoms. The van der Waals surface area contributed by atoms with Crippen LogP contribution in [0.3, 0.4) is 0 Å². The lowest BCUT2D eigenvalue weighted by molar-refractivity contribution is -0.136. The maximum atomic E-state index is 9.90. The summed E-state index contributed by atoms with van der Waals surface area (Å²) in [5.74, 6) is 0. The van der Waals surface area contributed by atoms with Crippen LogP contribution in [0.25, 0.3) is 0 Å². The topological polar surface area (TPSA) is 149 Å². The molecule has 7 heteroatoms. The Labute approximate surface area is 74.8 Å². The fourth-order valence-electron chi connectivity index (χ4n) is 0.618. The van der Waals surface area contributed by atoms with Gasteiger partial charge in [-0.25, -0.2) is 0 Å². The van der Waals surface area contributed by atoms with Crippen LogP contribution in [-0.2, 0) is 4.79 Å². The van der Waals surface area contributed by atoms with Crippen molar-refractivity contribution in [1.29, 1.82) is 0 Å². The zero-order valence-electron chi connectivity index (χ0n) is 6.69. The number of rotatable bonds is 5. The fraction of sp³-hybridized carbons (Fsp3) is 0.833. The molecule has 0 aliphatic heterocycles. The van der Waals surface area contributed by atoms with Crippen molar-refractivity contribution < 1.29 is 30.3 Å². The lowest BCUT2D eigenvalue weighted by Gasteiger charge is -2.22. The molecule has 0 aromatic heterocycles. The van der Waals surface area contributed by atoms with Gasteiger partial charge in [-0.05, 0) is 0 Å². The smallest absolute Gasteiger partial charge is 0.151 e. The van der Waals surface area contributed by atoms with E-state index in [1.807, 2.05) is 0 Å². The first-order chi connectivity index (χ1) is 5.54. The van der Waals surface area contributed by atoms with Crippen molar-refractivity contribution in [2.45, 2.75) is 24.4 Å². The molecule has 0 saturated heterocycles. The van der Waals surface area contributed by atoms with E-state index in [0.29, 0.717) is 0 Å². The SMILES string of the molecule is O=C[C@@H](O)[C@H](O)[C@@H](O)[C@H](O)CO.[N]. The molecule has 0 fully saturated rings. The number of carbonyl (C=O) groups is 1. The molecule has 77 valence electrons. The van der Waals surface area contributed by atoms with Crippen LogP contribution >= 0.6 is 0 Å². The average Bonchev–Trinajstić information content (AvgIpc) is 2.12. The quantitative estimate of drug-likeness (QED) is 0.283. The largest absolute Gasteiger partial charge is 0.394 e. The molecule has 0 aliphatic rings. The van der Waals surface area contributed by atoms with E-state index in [4.69, 9.17) is 25.5 Å². The molecule has 0 aromatic rings. The zero-order valence-corrected chi connectivity index (χ0v) is 6.69. The summed E-state index contributed by atoms with van der Waals surface area (Å²) in [5, 5.41) is 43.5. The number of aldehydes is 1. The minimum Gasteiger partial charge on any atom is -0.394 e. The second kappa shape index (κ2) is 6.89. The molecule has 0 heterocycles. The summed E-state index contributed by atoms with van der Waals surface area (Å²) in [6, 6.07) is 0. The highest BCUT2D eigenvalue weighted by atomic mass is 16.4. The first-order valence-corrected chi connectivity index (χ1v) is 3.33. The van der Waals surface area contributed by atoms with Gasteiger partial charge in [0.05, 0.1) is 6.61 Å². The van der Waals surface area contributed by atoms with Gasteiger partial charge in [-0.15, -0.1) is 0 Å². The molecular weight excluding hydrogens is 182 g/mol. The molecule has 7 nitrogen and oxygen atoms in total. The Hall–Kier alpha value is -0.570. The maximum absolute atomic E-state index is 9.90. The highest BCUT2D eigenvalue weighted by Crippen LogP contribution is 2.02. The van der Waals surface area contributed by atoms with Gasteiger partial charge in [0.25, 0.3) is 0 Å². The molecule has 4 atom stereocenters. The van der Waals surface area contributed by atoms with Crippen molar-refractivity contribution in [3.05, 3.63) is 0 Å². The standard InChI is InChI=1S/C6H12O6.N/c7-1-3(9)5(11)6(12)4(10)2-8;/h1,3-6,8-12H,2H2;/t3-,4-,5+,6+;/m1./s1. The van der Waals surface area contributed by atoms with E-state index in [9.17, 15) is 4.79 Å². The van der Waals surface area contributed by atoms with Crippen molar-refractivity contribution in [3.8, 4) is 0 Å². The Balaban J connectivity index is 0. The van der Waals surface area contributed by atoms with E-state index < -0.39 is 31.0 Å². The minimum atomic E-state index is -1.79. The third kappa shape index (κ3) is 4.27. The minimum absolute atomic E-state index is 0. The van der Waals surface area contributed by atoms with Gasteiger partial charge >= 0.3 is 0 Å². The fourth-order valence-corrected chi connectivity index (χ4v) is 0.618. The van der Waals surface area contributed by atoms with E-state index in [-0.39, 0.29) is 12.4 Å². The molecule has 0 spiro atoms. The summed E-state index contributed by atoms with van der Waals surface area (Å²) in [7, 11) is 0. The number of aliphatic hydroxyl groups excluding tert-OH is 5. The highest BCUT2D eigenvalue weighted by molar-refractivity contribution is 5.56. The van der Waals surface area contributed by atoms with Crippen molar-refractivity contribution in [1.82, 2.24) is 6.15 Å². The molecule has 0 amide bonds. The number of carbonyl (C=O) groups excluding carboxylic acids is 1. The number of hydrogen-bond acceptors (Lipinski definition) is 6. The van der Waals surface area contributed by atoms with E-state index in [0.717, 1.165) is 0 Å². The van der Waals surface area contributed by atoms with Crippen LogP contribution in [-0.4, -0.2) is 62.8 Å². The Morgan fingerprint density at radius 2 is 1.54 bits per heavy atom. The van der Waals surface area contributed by atoms with Crippen molar-refractivity contribution in [3.63, 3.8) is 0 Å². The molecule has 3 radical (unpaired) electrons. The van der Waals surface area contributed by atoms with Crippen LogP contribution in [0.4, 0.5) is 0 Å². The van der Waals surface area contributed by atoms with Crippen molar-refractivity contribution in [2.75, 3.05) is 6.61 Å². The van der Waals surface area contributed by atoms with Crippen LogP contribution in [0.2, 0.25) is 0 Å². The van der Waals surface area contributed by atoms with E-state index >= 15 is 0 Å². The third-order valence-corrected chi connectivity index (χ3v) is 1.42. The van der Waals surface area contributed by atoms with E-state index in [1.165, 1.54) is 0 Å². The van der Waals surface area contributed by atoms with Gasteiger partial charge in [-0.1, -0.05) is 0 Å². The Bertz CT molecular complexity index is 143. The number of nitrogens with zero attached hydrogens (tertiary/aromatic N) is 1. The van der Waals surface area contributed by atoms with Crippen LogP contribution in [0.5, 0.6) is 0 Å². The predicted molar refractivity (Wildman–Crippen MR) is 39.3 cm³/mol. The number of hydrogen-bond donors (Lipinski definition) is 5. The molecule has 0 aromatic carbocycles. The Kier molecular flexibility index (Phi) is 7.92. The van der Waals surface area contributed by atoms with Crippen LogP contribution in [0, 0.1) is 0 Å². The summed E-state index contributed by atoms with van der Waals surface area (Å²) in [6.45, 7) is -0.760. The van der Waals surface area contributed by atoms with Gasteiger partial charge in [-0.3, -0.25) is 0 Å². The summed E-state index contributed by atoms with van der Waals surface area (Å²) in [4.78, 5) is 9.90. The van der Waals surface area contributed by atoms with Crippen molar-refractivity contribution >= 4 is 6.29 Å². The summed E-state index contributed by atoms with van der Waals surface area (Å²) in [6.07, 6.45) is -6.84. The molecule has 5 N–H and O–H groups in total. The summed E-state index contributed by atoms with van der Waals surface area (Å²) in [5.41, 5.74) is 0. The average molecular weight is 194 g/mol. The van der Waals surface area contributed by atoms with Crippen LogP contribution in [0.15, 0.2) is 0 Å². The molecule has 0 unspecified atom stereocenters. The highest BCUT2D eigenvalue weighted by Gasteiger charge is 2.29. The maximum Gasteiger partial charge on any atom is 0.151 e. The van der Waals surface area contributed by atoms with Crippen LogP contribution in [0.1, 0.15) is 0 Å². The van der Waals surface area contributed by atoms with Gasteiger partial charge in [0.15, 0.2) is 6.29 Å². The first-order valence-electron chi connectivity index (χ1n) is 3.33. The lowest BCUT2D eigenvalue weighted by Crippen LogP contribution is -2.46. The van der Waals surface area contributed by atoms with Gasteiger partial charge in [-0.2, -0.15) is 0 Å². The molecule has 0 aliphatic carbocycles. The summed E-state index contributed by atoms with van der Waals surface area (Å²) < 4.78 is 0. The van der Waals surface area contributed by atoms with E-state index in [1.54, 1.807) is 0 Å². The number of aliphatic hydroxyl groups is 5. The molecule has 0 saturated carbocycles. The zero-order chi connectivity index (χ0) is 9.72. The Morgan fingerprint density at radius 1 is 1.08 bits per heavy atom. The van der Waals surface area contributed by atoms with Gasteiger partial charge in [0.1, 0.15) is 24.4 Å². The third-order valence-electron chi connectivity index (χ3n) is 1.42. The normalized spacial score (nSPS) is 19.5. The Morgan fingerprint density at radius 3 is 1.85 bits per heavy atom. The van der Waals surface area contributed by atoms with Crippen LogP contribution < -0.4 is 6.15 Å². The van der Waals surface area contributed by atoms with Crippen molar-refractivity contribution in [2.24, 2.45) is 0 Å². The molecular formula is C6H12NO6. The molecule has 0 rings (SSSR count). The summed E-state index contributed by atoms with van der Waals surface area (Å²) >= 11 is 0. The lowest BCUT2D eigenvalue weighted by atomic mass is 10.0. The predicted octanol–water partition coefficient (Wildman–Crippen LogP) is -3.86. The monoisotopic (exact) mass is 194 g/mol. The van der Waals surface area contributed by atoms with Gasteiger partial charge in [0, 0.05) is 6.15 Å². The van der Waals surface area contributed by atoms with Gasteiger partial charge < -0.3 is 30.3 Å². The van der Waals surface area contributed by atoms with E-state index in [2.05, 4.69) is 0 Å². The first kappa shape index (κ1) is 14.9. The van der Waals surface area contributed by atoms with Gasteiger partial charge in [0.2, 0.25) is 0 Å². The molecule has 0 bridgehead atoms. The second-order valence-corrected chi connectivity index (χ2v) is 2.36.